The molecule has 0 aliphatic carbocycles. The van der Waals surface area contributed by atoms with Crippen molar-refractivity contribution in [2.75, 3.05) is 11.9 Å². The van der Waals surface area contributed by atoms with E-state index in [-0.39, 0.29) is 18.0 Å². The van der Waals surface area contributed by atoms with E-state index >= 15 is 0 Å². The Morgan fingerprint density at radius 3 is 2.47 bits per heavy atom. The summed E-state index contributed by atoms with van der Waals surface area (Å²) in [6.07, 6.45) is 3.91. The van der Waals surface area contributed by atoms with Gasteiger partial charge in [0, 0.05) is 42.4 Å². The number of nitrogens with one attached hydrogen (secondary N) is 2. The molecule has 4 heterocycles. The lowest BCUT2D eigenvalue weighted by atomic mass is 9.96. The number of carbonyl (C=O) groups excluding carboxylic acids is 1. The molecule has 2 atom stereocenters. The number of hydrogen-bond donors (Lipinski definition) is 2. The van der Waals surface area contributed by atoms with Crippen molar-refractivity contribution >= 4 is 28.9 Å². The van der Waals surface area contributed by atoms with Crippen LogP contribution in [0, 0.1) is 27.7 Å². The van der Waals surface area contributed by atoms with Crippen LogP contribution in [0.15, 0.2) is 73.1 Å². The second-order valence-corrected chi connectivity index (χ2v) is 10.2. The molecule has 38 heavy (non-hydrogen) atoms. The molecular formula is C30H32N6OS. The first-order chi connectivity index (χ1) is 18.3. The van der Waals surface area contributed by atoms with Gasteiger partial charge in [0.05, 0.1) is 17.8 Å². The van der Waals surface area contributed by atoms with E-state index in [2.05, 4.69) is 50.0 Å². The maximum Gasteiger partial charge on any atom is 0.226 e. The summed E-state index contributed by atoms with van der Waals surface area (Å²) < 4.78 is 2.16. The molecule has 1 amide bonds. The predicted molar refractivity (Wildman–Crippen MR) is 154 cm³/mol. The van der Waals surface area contributed by atoms with Crippen LogP contribution in [0.4, 0.5) is 5.69 Å². The molecule has 8 heteroatoms. The number of nitrogens with zero attached hydrogens (tertiary/aromatic N) is 4. The van der Waals surface area contributed by atoms with Gasteiger partial charge in [0.1, 0.15) is 5.82 Å². The lowest BCUT2D eigenvalue weighted by molar-refractivity contribution is -0.116. The lowest BCUT2D eigenvalue weighted by Crippen LogP contribution is -2.33. The Bertz CT molecular complexity index is 1470. The average molecular weight is 525 g/mol. The number of aryl methyl sites for hydroxylation is 3. The first-order valence-electron chi connectivity index (χ1n) is 12.8. The number of anilines is 1. The summed E-state index contributed by atoms with van der Waals surface area (Å²) in [5, 5.41) is 7.19. The van der Waals surface area contributed by atoms with E-state index in [1.54, 1.807) is 12.4 Å². The van der Waals surface area contributed by atoms with Crippen LogP contribution in [-0.2, 0) is 4.79 Å². The van der Waals surface area contributed by atoms with Gasteiger partial charge in [-0.05, 0) is 93.0 Å². The normalized spacial score (nSPS) is 16.9. The highest BCUT2D eigenvalue weighted by Crippen LogP contribution is 2.41. The second-order valence-electron chi connectivity index (χ2n) is 9.79. The smallest absolute Gasteiger partial charge is 0.226 e. The van der Waals surface area contributed by atoms with Gasteiger partial charge in [-0.1, -0.05) is 24.3 Å². The number of aromatic nitrogens is 3. The van der Waals surface area contributed by atoms with Crippen LogP contribution < -0.4 is 10.6 Å². The molecule has 1 aliphatic heterocycles. The van der Waals surface area contributed by atoms with Crippen molar-refractivity contribution in [1.82, 2.24) is 24.8 Å². The minimum Gasteiger partial charge on any atom is -0.352 e. The van der Waals surface area contributed by atoms with Crippen LogP contribution in [0.3, 0.4) is 0 Å². The minimum atomic E-state index is -0.150. The number of rotatable bonds is 7. The zero-order valence-electron chi connectivity index (χ0n) is 22.1. The Hall–Kier alpha value is -4.04. The fourth-order valence-electron chi connectivity index (χ4n) is 5.22. The van der Waals surface area contributed by atoms with Crippen LogP contribution in [0.5, 0.6) is 0 Å². The highest BCUT2D eigenvalue weighted by atomic mass is 32.1. The number of benzene rings is 1. The quantitative estimate of drug-likeness (QED) is 0.311. The highest BCUT2D eigenvalue weighted by molar-refractivity contribution is 7.80. The Balaban J connectivity index is 1.46. The van der Waals surface area contributed by atoms with Crippen molar-refractivity contribution in [1.29, 1.82) is 0 Å². The van der Waals surface area contributed by atoms with Crippen molar-refractivity contribution in [3.8, 4) is 5.82 Å². The van der Waals surface area contributed by atoms with Crippen LogP contribution in [-0.4, -0.2) is 37.0 Å². The Labute approximate surface area is 228 Å². The van der Waals surface area contributed by atoms with Gasteiger partial charge in [-0.25, -0.2) is 4.98 Å². The fraction of sp³-hybridized carbons (Fsp3) is 0.267. The number of amides is 1. The van der Waals surface area contributed by atoms with Gasteiger partial charge in [-0.2, -0.15) is 0 Å². The zero-order chi connectivity index (χ0) is 26.8. The number of thiocarbonyl (C=S) groups is 1. The van der Waals surface area contributed by atoms with Gasteiger partial charge < -0.3 is 20.1 Å². The fourth-order valence-corrected chi connectivity index (χ4v) is 5.55. The third kappa shape index (κ3) is 5.04. The number of carbonyl (C=O) groups is 1. The molecule has 0 spiro atoms. The van der Waals surface area contributed by atoms with E-state index in [1.165, 1.54) is 0 Å². The third-order valence-corrected chi connectivity index (χ3v) is 7.46. The molecule has 3 aromatic heterocycles. The van der Waals surface area contributed by atoms with Crippen molar-refractivity contribution in [2.45, 2.75) is 46.2 Å². The summed E-state index contributed by atoms with van der Waals surface area (Å²) in [7, 11) is 0. The summed E-state index contributed by atoms with van der Waals surface area (Å²) in [6.45, 7) is 8.69. The summed E-state index contributed by atoms with van der Waals surface area (Å²) in [6, 6.07) is 19.8. The van der Waals surface area contributed by atoms with Crippen molar-refractivity contribution in [3.63, 3.8) is 0 Å². The molecule has 1 fully saturated rings. The summed E-state index contributed by atoms with van der Waals surface area (Å²) in [4.78, 5) is 24.4. The van der Waals surface area contributed by atoms with Crippen LogP contribution in [0.25, 0.3) is 5.82 Å². The Morgan fingerprint density at radius 1 is 1.00 bits per heavy atom. The molecule has 194 valence electrons. The largest absolute Gasteiger partial charge is 0.352 e. The molecule has 1 aliphatic rings. The minimum absolute atomic E-state index is 0.0412. The molecule has 0 saturated carbocycles. The maximum atomic E-state index is 13.0. The Morgan fingerprint density at radius 2 is 1.76 bits per heavy atom. The predicted octanol–water partition coefficient (Wildman–Crippen LogP) is 5.50. The third-order valence-electron chi connectivity index (χ3n) is 7.11. The van der Waals surface area contributed by atoms with Gasteiger partial charge in [0.2, 0.25) is 5.91 Å². The molecule has 2 N–H and O–H groups in total. The van der Waals surface area contributed by atoms with Gasteiger partial charge in [0.15, 0.2) is 5.11 Å². The average Bonchev–Trinajstić information content (AvgIpc) is 3.40. The van der Waals surface area contributed by atoms with Crippen LogP contribution >= 0.6 is 12.2 Å². The van der Waals surface area contributed by atoms with E-state index in [0.717, 1.165) is 45.3 Å². The van der Waals surface area contributed by atoms with E-state index in [9.17, 15) is 4.79 Å². The van der Waals surface area contributed by atoms with Crippen LogP contribution in [0.2, 0.25) is 0 Å². The summed E-state index contributed by atoms with van der Waals surface area (Å²) in [5.41, 5.74) is 7.20. The van der Waals surface area contributed by atoms with Gasteiger partial charge in [-0.15, -0.1) is 0 Å². The summed E-state index contributed by atoms with van der Waals surface area (Å²) in [5.74, 6) is 0.830. The van der Waals surface area contributed by atoms with Crippen molar-refractivity contribution in [3.05, 3.63) is 107 Å². The molecule has 0 unspecified atom stereocenters. The monoisotopic (exact) mass is 524 g/mol. The van der Waals surface area contributed by atoms with Crippen LogP contribution in [0.1, 0.15) is 52.3 Å². The van der Waals surface area contributed by atoms with Crippen molar-refractivity contribution < 1.29 is 4.79 Å². The van der Waals surface area contributed by atoms with E-state index in [1.807, 2.05) is 68.4 Å². The molecule has 1 saturated heterocycles. The first-order valence-corrected chi connectivity index (χ1v) is 13.2. The number of pyridine rings is 2. The highest BCUT2D eigenvalue weighted by Gasteiger charge is 2.41. The Kier molecular flexibility index (Phi) is 7.24. The summed E-state index contributed by atoms with van der Waals surface area (Å²) >= 11 is 5.83. The van der Waals surface area contributed by atoms with Crippen molar-refractivity contribution in [2.24, 2.45) is 0 Å². The number of hydrogen-bond acceptors (Lipinski definition) is 4. The van der Waals surface area contributed by atoms with E-state index in [4.69, 9.17) is 12.2 Å². The van der Waals surface area contributed by atoms with E-state index < -0.39 is 0 Å². The topological polar surface area (TPSA) is 75.1 Å². The lowest BCUT2D eigenvalue weighted by Gasteiger charge is -2.28. The molecule has 4 aromatic rings. The SMILES string of the molecule is Cc1ccc(C)c(NC(=O)CCN2C(=S)N[C@H](c3ccccn3)[C@@H]2c2cc(C)n(-c3ccccn3)c2C)c1. The van der Waals surface area contributed by atoms with Gasteiger partial charge in [0.25, 0.3) is 0 Å². The first kappa shape index (κ1) is 25.6. The molecule has 7 nitrogen and oxygen atoms in total. The maximum absolute atomic E-state index is 13.0. The van der Waals surface area contributed by atoms with E-state index in [0.29, 0.717) is 18.1 Å². The molecule has 1 aromatic carbocycles. The zero-order valence-corrected chi connectivity index (χ0v) is 22.9. The molecular weight excluding hydrogens is 492 g/mol. The second kappa shape index (κ2) is 10.8. The molecule has 5 rings (SSSR count). The van der Waals surface area contributed by atoms with Gasteiger partial charge in [-0.3, -0.25) is 9.78 Å². The standard InChI is InChI=1S/C30H32N6OS/c1-19-11-12-20(2)25(17-19)33-27(37)13-16-35-29(28(34-30(35)38)24-9-5-7-14-31-24)23-18-21(3)36(22(23)4)26-10-6-8-15-32-26/h5-12,14-15,17-18,28-29H,13,16H2,1-4H3,(H,33,37)(H,34,38)/t28-,29+/m1/s1. The molecule has 0 radical (unpaired) electrons. The molecule has 0 bridgehead atoms. The van der Waals surface area contributed by atoms with Gasteiger partial charge >= 0.3 is 0 Å².